The molecule has 8 heavy (non-hydrogen) atoms. The van der Waals surface area contributed by atoms with Crippen LogP contribution in [0, 0.1) is 0 Å². The fourth-order valence-electron chi connectivity index (χ4n) is 1.30. The minimum atomic E-state index is 0. The van der Waals surface area contributed by atoms with E-state index in [-0.39, 0.29) is 7.33 Å². The molecule has 0 unspecified atom stereocenters. The summed E-state index contributed by atoms with van der Waals surface area (Å²) in [7, 11) is 0. The number of rotatable bonds is 0. The third kappa shape index (κ3) is 0.457. The van der Waals surface area contributed by atoms with Gasteiger partial charge in [-0.05, 0) is 19.3 Å². The molecular weight excluding hydrogens is 102 g/mol. The molecule has 1 N–H and O–H groups in total. The first-order chi connectivity index (χ1) is 3.81. The first kappa shape index (κ1) is 4.36. The molecule has 1 aliphatic carbocycles. The number of amides is 1. The number of nitrogens with one attached hydrogen (secondary N) is 1. The van der Waals surface area contributed by atoms with Crippen LogP contribution in [-0.4, -0.2) is 11.4 Å². The molecule has 0 aromatic rings. The maximum atomic E-state index is 10.6. The minimum absolute atomic E-state index is 0. The van der Waals surface area contributed by atoms with Crippen molar-refractivity contribution >= 4 is 5.91 Å². The van der Waals surface area contributed by atoms with E-state index in [4.69, 9.17) is 0 Å². The van der Waals surface area contributed by atoms with Gasteiger partial charge >= 0.3 is 0 Å². The highest BCUT2D eigenvalue weighted by molar-refractivity contribution is 5.80. The monoisotopic (exact) mass is 113 g/mol. The standard InChI is InChI=1S/C6H9NO.H2/c8-5-1-2-6(7-5)3-4-6;/h1-4H2,(H,7,8);1H. The lowest BCUT2D eigenvalue weighted by molar-refractivity contribution is -0.119. The molecule has 2 heteroatoms. The Labute approximate surface area is 49.7 Å². The van der Waals surface area contributed by atoms with Gasteiger partial charge in [-0.25, -0.2) is 0 Å². The maximum absolute atomic E-state index is 10.6. The van der Waals surface area contributed by atoms with Gasteiger partial charge in [0, 0.05) is 13.4 Å². The van der Waals surface area contributed by atoms with Crippen LogP contribution in [0.1, 0.15) is 27.1 Å². The van der Waals surface area contributed by atoms with Gasteiger partial charge in [0.25, 0.3) is 0 Å². The van der Waals surface area contributed by atoms with Crippen LogP contribution in [0.2, 0.25) is 0 Å². The Balaban J connectivity index is 0.000000405. The average Bonchev–Trinajstić information content (AvgIpc) is 2.34. The lowest BCUT2D eigenvalue weighted by Gasteiger charge is -2.01. The Bertz CT molecular complexity index is 142. The van der Waals surface area contributed by atoms with Crippen molar-refractivity contribution in [2.75, 3.05) is 0 Å². The lowest BCUT2D eigenvalue weighted by atomic mass is 10.2. The molecule has 2 nitrogen and oxygen atoms in total. The largest absolute Gasteiger partial charge is 0.351 e. The van der Waals surface area contributed by atoms with Gasteiger partial charge in [-0.3, -0.25) is 4.79 Å². The minimum Gasteiger partial charge on any atom is -0.351 e. The number of hydrogen-bond acceptors (Lipinski definition) is 1. The van der Waals surface area contributed by atoms with Crippen LogP contribution in [0.5, 0.6) is 0 Å². The zero-order valence-electron chi connectivity index (χ0n) is 4.74. The predicted molar refractivity (Wildman–Crippen MR) is 31.5 cm³/mol. The van der Waals surface area contributed by atoms with Gasteiger partial charge in [-0.15, -0.1) is 0 Å². The van der Waals surface area contributed by atoms with Gasteiger partial charge < -0.3 is 5.32 Å². The Kier molecular flexibility index (Phi) is 0.581. The summed E-state index contributed by atoms with van der Waals surface area (Å²) in [4.78, 5) is 10.6. The second-order valence-corrected chi connectivity index (χ2v) is 2.83. The molecule has 0 aromatic heterocycles. The second kappa shape index (κ2) is 1.07. The SMILES string of the molecule is O=C1CCC2(CC2)N1.[HH]. The number of hydrogen-bond donors (Lipinski definition) is 1. The molecule has 0 bridgehead atoms. The summed E-state index contributed by atoms with van der Waals surface area (Å²) >= 11 is 0. The Hall–Kier alpha value is -0.530. The second-order valence-electron chi connectivity index (χ2n) is 2.83. The molecule has 46 valence electrons. The van der Waals surface area contributed by atoms with Crippen LogP contribution >= 0.6 is 0 Å². The van der Waals surface area contributed by atoms with E-state index in [1.807, 2.05) is 0 Å². The summed E-state index contributed by atoms with van der Waals surface area (Å²) in [6.07, 6.45) is 4.29. The van der Waals surface area contributed by atoms with Crippen molar-refractivity contribution in [3.63, 3.8) is 0 Å². The van der Waals surface area contributed by atoms with Crippen molar-refractivity contribution in [1.29, 1.82) is 0 Å². The van der Waals surface area contributed by atoms with E-state index in [9.17, 15) is 4.79 Å². The molecule has 2 aliphatic rings. The summed E-state index contributed by atoms with van der Waals surface area (Å²) in [6, 6.07) is 0. The molecule has 2 rings (SSSR count). The zero-order chi connectivity index (χ0) is 5.61. The van der Waals surface area contributed by atoms with Crippen LogP contribution in [0.4, 0.5) is 0 Å². The van der Waals surface area contributed by atoms with Crippen molar-refractivity contribution in [3.05, 3.63) is 0 Å². The van der Waals surface area contributed by atoms with E-state index in [2.05, 4.69) is 5.32 Å². The molecule has 0 atom stereocenters. The van der Waals surface area contributed by atoms with Crippen molar-refractivity contribution in [2.24, 2.45) is 0 Å². The Morgan fingerprint density at radius 1 is 1.50 bits per heavy atom. The van der Waals surface area contributed by atoms with E-state index in [1.54, 1.807) is 0 Å². The first-order valence-electron chi connectivity index (χ1n) is 3.12. The van der Waals surface area contributed by atoms with Gasteiger partial charge in [-0.1, -0.05) is 0 Å². The molecule has 0 aromatic carbocycles. The molecule has 1 heterocycles. The van der Waals surface area contributed by atoms with Gasteiger partial charge in [-0.2, -0.15) is 0 Å². The third-order valence-corrected chi connectivity index (χ3v) is 2.09. The summed E-state index contributed by atoms with van der Waals surface area (Å²) in [5.74, 6) is 0.252. The molecule has 1 amide bonds. The normalized spacial score (nSPS) is 30.8. The third-order valence-electron chi connectivity index (χ3n) is 2.09. The Morgan fingerprint density at radius 3 is 2.50 bits per heavy atom. The number of carbonyl (C=O) groups is 1. The lowest BCUT2D eigenvalue weighted by Crippen LogP contribution is -2.26. The highest BCUT2D eigenvalue weighted by Gasteiger charge is 2.47. The molecule has 2 fully saturated rings. The van der Waals surface area contributed by atoms with E-state index in [0.29, 0.717) is 5.54 Å². The number of carbonyl (C=O) groups excluding carboxylic acids is 1. The van der Waals surface area contributed by atoms with Crippen molar-refractivity contribution in [2.45, 2.75) is 31.2 Å². The average molecular weight is 113 g/mol. The van der Waals surface area contributed by atoms with Gasteiger partial charge in [0.15, 0.2) is 0 Å². The smallest absolute Gasteiger partial charge is 0.220 e. The molecule has 0 radical (unpaired) electrons. The van der Waals surface area contributed by atoms with Crippen LogP contribution in [0.3, 0.4) is 0 Å². The highest BCUT2D eigenvalue weighted by Crippen LogP contribution is 2.42. The van der Waals surface area contributed by atoms with Crippen LogP contribution in [0.15, 0.2) is 0 Å². The van der Waals surface area contributed by atoms with Gasteiger partial charge in [0.1, 0.15) is 0 Å². The molecule has 1 saturated heterocycles. The topological polar surface area (TPSA) is 29.1 Å². The maximum Gasteiger partial charge on any atom is 0.220 e. The zero-order valence-corrected chi connectivity index (χ0v) is 4.74. The van der Waals surface area contributed by atoms with Crippen LogP contribution in [-0.2, 0) is 4.79 Å². The van der Waals surface area contributed by atoms with Crippen molar-refractivity contribution < 1.29 is 6.22 Å². The highest BCUT2D eigenvalue weighted by atomic mass is 16.2. The first-order valence-corrected chi connectivity index (χ1v) is 3.12. The van der Waals surface area contributed by atoms with Gasteiger partial charge in [0.2, 0.25) is 5.91 Å². The summed E-state index contributed by atoms with van der Waals surface area (Å²) in [5.41, 5.74) is 0.317. The van der Waals surface area contributed by atoms with E-state index in [0.717, 1.165) is 12.8 Å². The van der Waals surface area contributed by atoms with Crippen molar-refractivity contribution in [3.8, 4) is 0 Å². The molecule has 1 aliphatic heterocycles. The van der Waals surface area contributed by atoms with E-state index < -0.39 is 0 Å². The quantitative estimate of drug-likeness (QED) is 0.491. The summed E-state index contributed by atoms with van der Waals surface area (Å²) in [6.45, 7) is 0. The predicted octanol–water partition coefficient (Wildman–Crippen LogP) is 0.675. The molecular formula is C6H11NO. The molecule has 1 saturated carbocycles. The van der Waals surface area contributed by atoms with Gasteiger partial charge in [0.05, 0.1) is 0 Å². The van der Waals surface area contributed by atoms with Crippen LogP contribution in [0.25, 0.3) is 0 Å². The molecule has 1 spiro atoms. The van der Waals surface area contributed by atoms with Crippen LogP contribution < -0.4 is 5.32 Å². The Morgan fingerprint density at radius 2 is 2.25 bits per heavy atom. The summed E-state index contributed by atoms with van der Waals surface area (Å²) < 4.78 is 0. The van der Waals surface area contributed by atoms with Crippen molar-refractivity contribution in [1.82, 2.24) is 5.32 Å². The fourth-order valence-corrected chi connectivity index (χ4v) is 1.30. The van der Waals surface area contributed by atoms with E-state index in [1.165, 1.54) is 12.8 Å². The fraction of sp³-hybridized carbons (Fsp3) is 0.833. The van der Waals surface area contributed by atoms with E-state index >= 15 is 0 Å². The summed E-state index contributed by atoms with van der Waals surface area (Å²) in [5, 5.41) is 2.97.